The van der Waals surface area contributed by atoms with E-state index in [0.717, 1.165) is 64.4 Å². The van der Waals surface area contributed by atoms with E-state index in [-0.39, 0.29) is 6.54 Å². The fourth-order valence-corrected chi connectivity index (χ4v) is 4.03. The maximum absolute atomic E-state index is 12.5. The van der Waals surface area contributed by atoms with Gasteiger partial charge in [0.25, 0.3) is 6.43 Å². The molecular formula is C21H40F2N4O. The quantitative estimate of drug-likeness (QED) is 0.253. The standard InChI is InChI=1S/C21H40F2N4O/c1-2-24-21(26-18-11-14-27(15-12-18)17-20(22)23)25-13-7-8-16-28-19-9-5-3-4-6-10-19/h18-20H,2-17H2,1H3,(H2,24,25,26). The van der Waals surface area contributed by atoms with Gasteiger partial charge in [0.15, 0.2) is 5.96 Å². The minimum absolute atomic E-state index is 0.107. The number of alkyl halides is 2. The first-order chi connectivity index (χ1) is 13.7. The van der Waals surface area contributed by atoms with Crippen LogP contribution in [-0.4, -0.2) is 68.8 Å². The molecule has 7 heteroatoms. The van der Waals surface area contributed by atoms with Crippen molar-refractivity contribution in [1.82, 2.24) is 15.5 Å². The molecule has 0 aromatic carbocycles. The molecule has 0 radical (unpaired) electrons. The number of aliphatic imine (C=N–C) groups is 1. The summed E-state index contributed by atoms with van der Waals surface area (Å²) in [6.45, 7) is 5.84. The number of ether oxygens (including phenoxy) is 1. The van der Waals surface area contributed by atoms with E-state index in [1.807, 2.05) is 4.90 Å². The number of rotatable bonds is 10. The van der Waals surface area contributed by atoms with Crippen molar-refractivity contribution in [2.75, 3.05) is 39.3 Å². The van der Waals surface area contributed by atoms with Crippen LogP contribution >= 0.6 is 0 Å². The van der Waals surface area contributed by atoms with Crippen molar-refractivity contribution in [2.24, 2.45) is 4.99 Å². The Morgan fingerprint density at radius 2 is 1.79 bits per heavy atom. The number of piperidine rings is 1. The van der Waals surface area contributed by atoms with E-state index >= 15 is 0 Å². The Morgan fingerprint density at radius 1 is 1.07 bits per heavy atom. The molecule has 2 fully saturated rings. The molecule has 0 unspecified atom stereocenters. The smallest absolute Gasteiger partial charge is 0.251 e. The summed E-state index contributed by atoms with van der Waals surface area (Å²) in [7, 11) is 0. The fourth-order valence-electron chi connectivity index (χ4n) is 4.03. The highest BCUT2D eigenvalue weighted by molar-refractivity contribution is 5.80. The molecule has 1 saturated carbocycles. The molecule has 0 atom stereocenters. The van der Waals surface area contributed by atoms with Gasteiger partial charge in [-0.3, -0.25) is 9.89 Å². The summed E-state index contributed by atoms with van der Waals surface area (Å²) in [5.74, 6) is 0.847. The van der Waals surface area contributed by atoms with E-state index in [1.54, 1.807) is 0 Å². The van der Waals surface area contributed by atoms with Crippen LogP contribution in [0.5, 0.6) is 0 Å². The monoisotopic (exact) mass is 402 g/mol. The molecule has 1 aliphatic carbocycles. The van der Waals surface area contributed by atoms with Gasteiger partial charge in [0, 0.05) is 38.8 Å². The van der Waals surface area contributed by atoms with E-state index in [9.17, 15) is 8.78 Å². The summed E-state index contributed by atoms with van der Waals surface area (Å²) in [6, 6.07) is 0.310. The second kappa shape index (κ2) is 14.1. The van der Waals surface area contributed by atoms with Gasteiger partial charge in [-0.05, 0) is 45.4 Å². The Balaban J connectivity index is 1.59. The zero-order valence-corrected chi connectivity index (χ0v) is 17.6. The Hall–Kier alpha value is -0.950. The molecule has 164 valence electrons. The Bertz CT molecular complexity index is 421. The topological polar surface area (TPSA) is 48.9 Å². The van der Waals surface area contributed by atoms with Crippen LogP contribution < -0.4 is 10.6 Å². The third kappa shape index (κ3) is 10.0. The molecule has 0 amide bonds. The van der Waals surface area contributed by atoms with Crippen LogP contribution in [-0.2, 0) is 4.74 Å². The Morgan fingerprint density at radius 3 is 2.43 bits per heavy atom. The Labute approximate surface area is 169 Å². The van der Waals surface area contributed by atoms with Crippen LogP contribution in [0.4, 0.5) is 8.78 Å². The predicted octanol–water partition coefficient (Wildman–Crippen LogP) is 3.79. The van der Waals surface area contributed by atoms with Gasteiger partial charge in [0.1, 0.15) is 0 Å². The minimum atomic E-state index is -2.24. The molecule has 2 rings (SSSR count). The number of likely N-dealkylation sites (tertiary alicyclic amines) is 1. The maximum Gasteiger partial charge on any atom is 0.251 e. The highest BCUT2D eigenvalue weighted by atomic mass is 19.3. The number of nitrogens with one attached hydrogen (secondary N) is 2. The van der Waals surface area contributed by atoms with E-state index in [2.05, 4.69) is 22.5 Å². The van der Waals surface area contributed by atoms with Gasteiger partial charge in [0.05, 0.1) is 12.6 Å². The molecular weight excluding hydrogens is 362 g/mol. The average molecular weight is 403 g/mol. The first kappa shape index (κ1) is 23.3. The molecule has 1 saturated heterocycles. The van der Waals surface area contributed by atoms with Crippen LogP contribution in [0, 0.1) is 0 Å². The first-order valence-electron chi connectivity index (χ1n) is 11.3. The van der Waals surface area contributed by atoms with Crippen molar-refractivity contribution in [1.29, 1.82) is 0 Å². The van der Waals surface area contributed by atoms with E-state index in [4.69, 9.17) is 4.74 Å². The Kier molecular flexibility index (Phi) is 11.7. The van der Waals surface area contributed by atoms with Crippen molar-refractivity contribution >= 4 is 5.96 Å². The minimum Gasteiger partial charge on any atom is -0.378 e. The summed E-state index contributed by atoms with van der Waals surface area (Å²) in [6.07, 6.45) is 9.86. The number of nitrogens with zero attached hydrogens (tertiary/aromatic N) is 2. The number of hydrogen-bond donors (Lipinski definition) is 2. The van der Waals surface area contributed by atoms with E-state index < -0.39 is 6.43 Å². The van der Waals surface area contributed by atoms with Gasteiger partial charge in [-0.15, -0.1) is 0 Å². The third-order valence-electron chi connectivity index (χ3n) is 5.65. The van der Waals surface area contributed by atoms with Crippen LogP contribution in [0.1, 0.15) is 71.1 Å². The summed E-state index contributed by atoms with van der Waals surface area (Å²) in [5.41, 5.74) is 0. The number of halogens is 2. The van der Waals surface area contributed by atoms with E-state index in [1.165, 1.54) is 38.5 Å². The third-order valence-corrected chi connectivity index (χ3v) is 5.65. The molecule has 1 heterocycles. The highest BCUT2D eigenvalue weighted by Gasteiger charge is 2.21. The lowest BCUT2D eigenvalue weighted by molar-refractivity contribution is 0.0413. The van der Waals surface area contributed by atoms with Gasteiger partial charge in [-0.25, -0.2) is 8.78 Å². The van der Waals surface area contributed by atoms with Crippen LogP contribution in [0.2, 0.25) is 0 Å². The van der Waals surface area contributed by atoms with Gasteiger partial charge in [0.2, 0.25) is 0 Å². The van der Waals surface area contributed by atoms with Crippen molar-refractivity contribution in [3.63, 3.8) is 0 Å². The van der Waals surface area contributed by atoms with Crippen LogP contribution in [0.25, 0.3) is 0 Å². The van der Waals surface area contributed by atoms with Crippen molar-refractivity contribution in [3.8, 4) is 0 Å². The molecule has 2 aliphatic rings. The molecule has 1 aliphatic heterocycles. The maximum atomic E-state index is 12.5. The first-order valence-corrected chi connectivity index (χ1v) is 11.3. The number of unbranched alkanes of at least 4 members (excludes halogenated alkanes) is 1. The largest absolute Gasteiger partial charge is 0.378 e. The molecule has 5 nitrogen and oxygen atoms in total. The lowest BCUT2D eigenvalue weighted by Gasteiger charge is -2.32. The molecule has 0 aromatic rings. The lowest BCUT2D eigenvalue weighted by atomic mass is 10.1. The molecule has 0 spiro atoms. The zero-order valence-electron chi connectivity index (χ0n) is 17.6. The van der Waals surface area contributed by atoms with Crippen LogP contribution in [0.3, 0.4) is 0 Å². The van der Waals surface area contributed by atoms with Gasteiger partial charge in [-0.1, -0.05) is 25.7 Å². The summed E-state index contributed by atoms with van der Waals surface area (Å²) in [5, 5.41) is 6.77. The summed E-state index contributed by atoms with van der Waals surface area (Å²) in [4.78, 5) is 6.53. The van der Waals surface area contributed by atoms with E-state index in [0.29, 0.717) is 12.1 Å². The summed E-state index contributed by atoms with van der Waals surface area (Å²) < 4.78 is 31.0. The molecule has 0 aromatic heterocycles. The number of guanidine groups is 1. The average Bonchev–Trinajstić information content (AvgIpc) is 2.94. The number of hydrogen-bond acceptors (Lipinski definition) is 3. The predicted molar refractivity (Wildman–Crippen MR) is 111 cm³/mol. The second-order valence-electron chi connectivity index (χ2n) is 8.06. The van der Waals surface area contributed by atoms with Crippen molar-refractivity contribution < 1.29 is 13.5 Å². The van der Waals surface area contributed by atoms with Gasteiger partial charge >= 0.3 is 0 Å². The highest BCUT2D eigenvalue weighted by Crippen LogP contribution is 2.20. The zero-order chi connectivity index (χ0) is 20.0. The van der Waals surface area contributed by atoms with Gasteiger partial charge in [-0.2, -0.15) is 0 Å². The SMILES string of the molecule is CCNC(=NCCCCOC1CCCCCC1)NC1CCN(CC(F)F)CC1. The molecule has 2 N–H and O–H groups in total. The molecule has 28 heavy (non-hydrogen) atoms. The van der Waals surface area contributed by atoms with Crippen molar-refractivity contribution in [2.45, 2.75) is 89.7 Å². The lowest BCUT2D eigenvalue weighted by Crippen LogP contribution is -2.49. The normalized spacial score (nSPS) is 21.1. The van der Waals surface area contributed by atoms with Crippen LogP contribution in [0.15, 0.2) is 4.99 Å². The second-order valence-corrected chi connectivity index (χ2v) is 8.06. The van der Waals surface area contributed by atoms with Gasteiger partial charge < -0.3 is 15.4 Å². The fraction of sp³-hybridized carbons (Fsp3) is 0.952. The van der Waals surface area contributed by atoms with Crippen molar-refractivity contribution in [3.05, 3.63) is 0 Å². The molecule has 0 bridgehead atoms. The summed E-state index contributed by atoms with van der Waals surface area (Å²) >= 11 is 0.